The molecular weight excluding hydrogens is 266 g/mol. The summed E-state index contributed by atoms with van der Waals surface area (Å²) in [4.78, 5) is 33.5. The molecular formula is C13H23NO6. The van der Waals surface area contributed by atoms with E-state index in [1.54, 1.807) is 27.7 Å². The second kappa shape index (κ2) is 9.30. The molecule has 0 aromatic heterocycles. The number of hydrogen-bond acceptors (Lipinski definition) is 6. The molecule has 0 fully saturated rings. The first-order valence-electron chi connectivity index (χ1n) is 6.46. The predicted molar refractivity (Wildman–Crippen MR) is 71.3 cm³/mol. The maximum absolute atomic E-state index is 11.3. The van der Waals surface area contributed by atoms with Crippen LogP contribution in [0, 0.1) is 0 Å². The van der Waals surface area contributed by atoms with Crippen molar-refractivity contribution in [3.63, 3.8) is 0 Å². The molecule has 116 valence electrons. The zero-order valence-corrected chi connectivity index (χ0v) is 12.5. The smallest absolute Gasteiger partial charge is 0.407 e. The molecule has 0 spiro atoms. The SMILES string of the molecule is CCOC(=O)CC(=O)COCCNC(=O)OC(C)(C)C. The quantitative estimate of drug-likeness (QED) is 0.408. The molecule has 0 rings (SSSR count). The third-order valence-corrected chi connectivity index (χ3v) is 1.82. The van der Waals surface area contributed by atoms with E-state index >= 15 is 0 Å². The summed E-state index contributed by atoms with van der Waals surface area (Å²) in [6, 6.07) is 0. The number of alkyl carbamates (subject to hydrolysis) is 1. The second-order valence-corrected chi connectivity index (χ2v) is 5.00. The van der Waals surface area contributed by atoms with Crippen LogP contribution in [0.1, 0.15) is 34.1 Å². The maximum Gasteiger partial charge on any atom is 0.407 e. The van der Waals surface area contributed by atoms with Gasteiger partial charge in [0.25, 0.3) is 0 Å². The van der Waals surface area contributed by atoms with Crippen LogP contribution in [0.3, 0.4) is 0 Å². The van der Waals surface area contributed by atoms with Gasteiger partial charge in [-0.05, 0) is 27.7 Å². The standard InChI is InChI=1S/C13H23NO6/c1-5-19-11(16)8-10(15)9-18-7-6-14-12(17)20-13(2,3)4/h5-9H2,1-4H3,(H,14,17). The van der Waals surface area contributed by atoms with Crippen molar-refractivity contribution in [2.24, 2.45) is 0 Å². The van der Waals surface area contributed by atoms with Crippen LogP contribution < -0.4 is 5.32 Å². The lowest BCUT2D eigenvalue weighted by atomic mass is 10.2. The third-order valence-electron chi connectivity index (χ3n) is 1.82. The van der Waals surface area contributed by atoms with Crippen LogP contribution in [-0.4, -0.2) is 49.8 Å². The fourth-order valence-corrected chi connectivity index (χ4v) is 1.15. The third kappa shape index (κ3) is 11.5. The topological polar surface area (TPSA) is 90.9 Å². The van der Waals surface area contributed by atoms with Crippen molar-refractivity contribution in [2.75, 3.05) is 26.4 Å². The highest BCUT2D eigenvalue weighted by molar-refractivity contribution is 5.96. The summed E-state index contributed by atoms with van der Waals surface area (Å²) >= 11 is 0. The number of esters is 1. The van der Waals surface area contributed by atoms with Crippen molar-refractivity contribution in [1.82, 2.24) is 5.32 Å². The molecule has 1 amide bonds. The first-order chi connectivity index (χ1) is 9.24. The largest absolute Gasteiger partial charge is 0.466 e. The zero-order chi connectivity index (χ0) is 15.6. The Kier molecular flexibility index (Phi) is 8.54. The molecule has 7 nitrogen and oxygen atoms in total. The molecule has 0 unspecified atom stereocenters. The molecule has 0 aromatic rings. The molecule has 0 aliphatic rings. The van der Waals surface area contributed by atoms with Gasteiger partial charge in [0, 0.05) is 6.54 Å². The first kappa shape index (κ1) is 18.4. The van der Waals surface area contributed by atoms with E-state index in [-0.39, 0.29) is 38.6 Å². The summed E-state index contributed by atoms with van der Waals surface area (Å²) in [6.07, 6.45) is -0.841. The Morgan fingerprint density at radius 1 is 1.15 bits per heavy atom. The van der Waals surface area contributed by atoms with Gasteiger partial charge < -0.3 is 19.5 Å². The molecule has 0 saturated carbocycles. The highest BCUT2D eigenvalue weighted by Crippen LogP contribution is 2.05. The minimum Gasteiger partial charge on any atom is -0.466 e. The summed E-state index contributed by atoms with van der Waals surface area (Å²) in [5, 5.41) is 2.48. The first-order valence-corrected chi connectivity index (χ1v) is 6.46. The number of nitrogens with one attached hydrogen (secondary N) is 1. The van der Waals surface area contributed by atoms with Crippen LogP contribution in [-0.2, 0) is 23.8 Å². The van der Waals surface area contributed by atoms with Crippen LogP contribution in [0.15, 0.2) is 0 Å². The highest BCUT2D eigenvalue weighted by Gasteiger charge is 2.15. The van der Waals surface area contributed by atoms with Gasteiger partial charge in [-0.15, -0.1) is 0 Å². The number of ether oxygens (including phenoxy) is 3. The van der Waals surface area contributed by atoms with E-state index in [0.717, 1.165) is 0 Å². The minimum atomic E-state index is -0.562. The van der Waals surface area contributed by atoms with E-state index < -0.39 is 17.7 Å². The normalized spacial score (nSPS) is 10.8. The highest BCUT2D eigenvalue weighted by atomic mass is 16.6. The van der Waals surface area contributed by atoms with Gasteiger partial charge in [0.1, 0.15) is 18.6 Å². The van der Waals surface area contributed by atoms with Gasteiger partial charge in [-0.3, -0.25) is 9.59 Å². The Bertz CT molecular complexity index is 334. The molecule has 0 aromatic carbocycles. The fourth-order valence-electron chi connectivity index (χ4n) is 1.15. The van der Waals surface area contributed by atoms with Crippen LogP contribution in [0.5, 0.6) is 0 Å². The summed E-state index contributed by atoms with van der Waals surface area (Å²) in [5.74, 6) is -0.923. The predicted octanol–water partition coefficient (Wildman–Crippen LogP) is 1.05. The number of amides is 1. The van der Waals surface area contributed by atoms with Crippen molar-refractivity contribution in [2.45, 2.75) is 39.7 Å². The minimum absolute atomic E-state index is 0.161. The van der Waals surface area contributed by atoms with E-state index in [1.165, 1.54) is 0 Å². The monoisotopic (exact) mass is 289 g/mol. The molecule has 20 heavy (non-hydrogen) atoms. The van der Waals surface area contributed by atoms with Crippen molar-refractivity contribution < 1.29 is 28.6 Å². The summed E-state index contributed by atoms with van der Waals surface area (Å²) < 4.78 is 14.7. The Hall–Kier alpha value is -1.63. The number of ketones is 1. The van der Waals surface area contributed by atoms with Gasteiger partial charge in [-0.1, -0.05) is 0 Å². The average molecular weight is 289 g/mol. The van der Waals surface area contributed by atoms with E-state index in [9.17, 15) is 14.4 Å². The van der Waals surface area contributed by atoms with Crippen LogP contribution in [0.2, 0.25) is 0 Å². The molecule has 0 aliphatic heterocycles. The Labute approximate surface area is 118 Å². The van der Waals surface area contributed by atoms with E-state index in [0.29, 0.717) is 0 Å². The molecule has 7 heteroatoms. The van der Waals surface area contributed by atoms with Crippen molar-refractivity contribution in [3.05, 3.63) is 0 Å². The summed E-state index contributed by atoms with van der Waals surface area (Å²) in [5.41, 5.74) is -0.555. The summed E-state index contributed by atoms with van der Waals surface area (Å²) in [7, 11) is 0. The Morgan fingerprint density at radius 3 is 2.35 bits per heavy atom. The molecule has 0 aliphatic carbocycles. The van der Waals surface area contributed by atoms with Gasteiger partial charge in [-0.25, -0.2) is 4.79 Å². The lowest BCUT2D eigenvalue weighted by Gasteiger charge is -2.19. The van der Waals surface area contributed by atoms with Gasteiger partial charge in [0.05, 0.1) is 13.2 Å². The number of hydrogen-bond donors (Lipinski definition) is 1. The molecule has 0 heterocycles. The number of carbonyl (C=O) groups is 3. The van der Waals surface area contributed by atoms with Crippen LogP contribution in [0.4, 0.5) is 4.79 Å². The lowest BCUT2D eigenvalue weighted by Crippen LogP contribution is -2.34. The van der Waals surface area contributed by atoms with Crippen LogP contribution in [0.25, 0.3) is 0 Å². The molecule has 0 saturated heterocycles. The second-order valence-electron chi connectivity index (χ2n) is 5.00. The van der Waals surface area contributed by atoms with Crippen molar-refractivity contribution >= 4 is 17.8 Å². The van der Waals surface area contributed by atoms with Gasteiger partial charge in [0.15, 0.2) is 5.78 Å². The lowest BCUT2D eigenvalue weighted by molar-refractivity contribution is -0.146. The van der Waals surface area contributed by atoms with E-state index in [1.807, 2.05) is 0 Å². The Balaban J connectivity index is 3.60. The van der Waals surface area contributed by atoms with Gasteiger partial charge in [-0.2, -0.15) is 0 Å². The van der Waals surface area contributed by atoms with E-state index in [2.05, 4.69) is 10.1 Å². The number of carbonyl (C=O) groups excluding carboxylic acids is 3. The Morgan fingerprint density at radius 2 is 1.80 bits per heavy atom. The number of rotatable bonds is 8. The zero-order valence-electron chi connectivity index (χ0n) is 12.5. The fraction of sp³-hybridized carbons (Fsp3) is 0.769. The van der Waals surface area contributed by atoms with Gasteiger partial charge >= 0.3 is 12.1 Å². The maximum atomic E-state index is 11.3. The summed E-state index contributed by atoms with van der Waals surface area (Å²) in [6.45, 7) is 7.39. The van der Waals surface area contributed by atoms with Crippen molar-refractivity contribution in [3.8, 4) is 0 Å². The van der Waals surface area contributed by atoms with Gasteiger partial charge in [0.2, 0.25) is 0 Å². The van der Waals surface area contributed by atoms with E-state index in [4.69, 9.17) is 9.47 Å². The average Bonchev–Trinajstić information content (AvgIpc) is 2.26. The molecule has 0 bridgehead atoms. The van der Waals surface area contributed by atoms with Crippen molar-refractivity contribution in [1.29, 1.82) is 0 Å². The number of Topliss-reactive ketones (excluding diaryl/α,β-unsaturated/α-hetero) is 1. The molecule has 0 radical (unpaired) electrons. The molecule has 1 N–H and O–H groups in total. The van der Waals surface area contributed by atoms with Crippen LogP contribution >= 0.6 is 0 Å². The molecule has 0 atom stereocenters.